The highest BCUT2D eigenvalue weighted by atomic mass is 16.5. The van der Waals surface area contributed by atoms with Crippen molar-refractivity contribution < 1.29 is 9.53 Å². The predicted molar refractivity (Wildman–Crippen MR) is 75.3 cm³/mol. The maximum absolute atomic E-state index is 10.6. The van der Waals surface area contributed by atoms with E-state index in [0.717, 1.165) is 12.0 Å². The Balaban J connectivity index is 2.37. The Hall–Kier alpha value is -1.57. The number of unbranched alkanes of at least 4 members (excludes halogenated alkanes) is 2. The van der Waals surface area contributed by atoms with E-state index in [2.05, 4.69) is 31.2 Å². The number of carbonyl (C=O) groups excluding carboxylic acids is 1. The molecule has 0 heterocycles. The lowest BCUT2D eigenvalue weighted by molar-refractivity contribution is -0.139. The highest BCUT2D eigenvalue weighted by Gasteiger charge is 1.93. The molecule has 1 rings (SSSR count). The smallest absolute Gasteiger partial charge is 0.302 e. The summed E-state index contributed by atoms with van der Waals surface area (Å²) >= 11 is 0. The summed E-state index contributed by atoms with van der Waals surface area (Å²) in [5.74, 6) is -0.245. The van der Waals surface area contributed by atoms with Crippen LogP contribution in [0.4, 0.5) is 0 Å². The van der Waals surface area contributed by atoms with Crippen LogP contribution < -0.4 is 0 Å². The molecule has 1 aromatic carbocycles. The minimum Gasteiger partial charge on any atom is -0.462 e. The first-order valence-electron chi connectivity index (χ1n) is 6.61. The minimum absolute atomic E-state index is 0.245. The molecular formula is C16H22O2. The van der Waals surface area contributed by atoms with E-state index in [1.165, 1.54) is 31.7 Å². The summed E-state index contributed by atoms with van der Waals surface area (Å²) in [5, 5.41) is 0. The molecule has 0 bridgehead atoms. The number of esters is 1. The van der Waals surface area contributed by atoms with E-state index in [1.54, 1.807) is 0 Å². The fourth-order valence-corrected chi connectivity index (χ4v) is 1.72. The fraction of sp³-hybridized carbons (Fsp3) is 0.438. The molecule has 0 saturated heterocycles. The molecule has 0 aliphatic carbocycles. The molecule has 0 aliphatic heterocycles. The van der Waals surface area contributed by atoms with Gasteiger partial charge >= 0.3 is 5.97 Å². The third-order valence-corrected chi connectivity index (χ3v) is 2.74. The van der Waals surface area contributed by atoms with E-state index in [1.807, 2.05) is 12.2 Å². The van der Waals surface area contributed by atoms with Crippen molar-refractivity contribution in [2.75, 3.05) is 6.61 Å². The lowest BCUT2D eigenvalue weighted by Crippen LogP contribution is -1.97. The summed E-state index contributed by atoms with van der Waals surface area (Å²) in [4.78, 5) is 10.6. The number of benzene rings is 1. The van der Waals surface area contributed by atoms with Crippen LogP contribution in [0.15, 0.2) is 30.3 Å². The van der Waals surface area contributed by atoms with E-state index >= 15 is 0 Å². The summed E-state index contributed by atoms with van der Waals surface area (Å²) in [6.45, 7) is 3.98. The van der Waals surface area contributed by atoms with Crippen molar-refractivity contribution in [3.05, 3.63) is 41.5 Å². The summed E-state index contributed by atoms with van der Waals surface area (Å²) in [6.07, 6.45) is 8.80. The molecule has 0 aliphatic rings. The summed E-state index contributed by atoms with van der Waals surface area (Å²) in [5.41, 5.74) is 2.53. The van der Waals surface area contributed by atoms with E-state index < -0.39 is 0 Å². The highest BCUT2D eigenvalue weighted by Crippen LogP contribution is 2.10. The third-order valence-electron chi connectivity index (χ3n) is 2.74. The molecule has 0 spiro atoms. The lowest BCUT2D eigenvalue weighted by Gasteiger charge is -2.01. The largest absolute Gasteiger partial charge is 0.462 e. The van der Waals surface area contributed by atoms with E-state index in [-0.39, 0.29) is 5.97 Å². The number of rotatable bonds is 7. The van der Waals surface area contributed by atoms with Crippen molar-refractivity contribution in [3.63, 3.8) is 0 Å². The van der Waals surface area contributed by atoms with E-state index in [4.69, 9.17) is 4.74 Å². The van der Waals surface area contributed by atoms with Crippen molar-refractivity contribution in [3.8, 4) is 0 Å². The van der Waals surface area contributed by atoms with Crippen LogP contribution in [-0.4, -0.2) is 12.6 Å². The molecule has 1 aromatic rings. The quantitative estimate of drug-likeness (QED) is 0.537. The second-order valence-electron chi connectivity index (χ2n) is 4.40. The molecule has 0 aromatic heterocycles. The zero-order chi connectivity index (χ0) is 13.2. The van der Waals surface area contributed by atoms with Gasteiger partial charge in [-0.3, -0.25) is 4.79 Å². The van der Waals surface area contributed by atoms with Gasteiger partial charge in [0.25, 0.3) is 0 Å². The van der Waals surface area contributed by atoms with E-state index in [0.29, 0.717) is 6.61 Å². The Morgan fingerprint density at radius 1 is 1.22 bits per heavy atom. The number of hydrogen-bond acceptors (Lipinski definition) is 2. The van der Waals surface area contributed by atoms with Gasteiger partial charge in [-0.05, 0) is 30.0 Å². The van der Waals surface area contributed by atoms with E-state index in [9.17, 15) is 4.79 Å². The van der Waals surface area contributed by atoms with Crippen LogP contribution in [0, 0.1) is 0 Å². The van der Waals surface area contributed by atoms with Crippen molar-refractivity contribution >= 4 is 12.0 Å². The Labute approximate surface area is 110 Å². The van der Waals surface area contributed by atoms with Gasteiger partial charge < -0.3 is 4.74 Å². The molecule has 18 heavy (non-hydrogen) atoms. The van der Waals surface area contributed by atoms with Gasteiger partial charge in [-0.15, -0.1) is 0 Å². The summed E-state index contributed by atoms with van der Waals surface area (Å²) < 4.78 is 4.83. The van der Waals surface area contributed by atoms with Gasteiger partial charge in [-0.2, -0.15) is 0 Å². The van der Waals surface area contributed by atoms with Crippen LogP contribution in [0.3, 0.4) is 0 Å². The van der Waals surface area contributed by atoms with Crippen LogP contribution in [0.25, 0.3) is 6.08 Å². The van der Waals surface area contributed by atoms with Gasteiger partial charge in [0.2, 0.25) is 0 Å². The first-order valence-corrected chi connectivity index (χ1v) is 6.61. The molecule has 0 saturated carbocycles. The van der Waals surface area contributed by atoms with Crippen molar-refractivity contribution in [2.45, 2.75) is 39.5 Å². The Morgan fingerprint density at radius 3 is 2.56 bits per heavy atom. The van der Waals surface area contributed by atoms with Crippen molar-refractivity contribution in [2.24, 2.45) is 0 Å². The van der Waals surface area contributed by atoms with Gasteiger partial charge in [0, 0.05) is 6.92 Å². The standard InChI is InChI=1S/C16H22O2/c1-3-4-5-7-15-9-11-16(12-10-15)8-6-13-18-14(2)17/h6,8-12H,3-5,7,13H2,1-2H3/b8-6+. The number of carbonyl (C=O) groups is 1. The van der Waals surface area contributed by atoms with Crippen LogP contribution in [0.5, 0.6) is 0 Å². The molecule has 0 amide bonds. The van der Waals surface area contributed by atoms with Crippen molar-refractivity contribution in [1.82, 2.24) is 0 Å². The molecule has 2 nitrogen and oxygen atoms in total. The molecular weight excluding hydrogens is 224 g/mol. The molecule has 0 unspecified atom stereocenters. The first kappa shape index (κ1) is 14.5. The van der Waals surface area contributed by atoms with Gasteiger partial charge in [-0.25, -0.2) is 0 Å². The summed E-state index contributed by atoms with van der Waals surface area (Å²) in [6, 6.07) is 8.54. The summed E-state index contributed by atoms with van der Waals surface area (Å²) in [7, 11) is 0. The Bertz CT molecular complexity index is 377. The van der Waals surface area contributed by atoms with Crippen molar-refractivity contribution in [1.29, 1.82) is 0 Å². The topological polar surface area (TPSA) is 26.3 Å². The average molecular weight is 246 g/mol. The molecule has 0 radical (unpaired) electrons. The van der Waals surface area contributed by atoms with Gasteiger partial charge in [-0.1, -0.05) is 50.1 Å². The van der Waals surface area contributed by atoms with Crippen LogP contribution >= 0.6 is 0 Å². The monoisotopic (exact) mass is 246 g/mol. The van der Waals surface area contributed by atoms with Gasteiger partial charge in [0.15, 0.2) is 0 Å². The average Bonchev–Trinajstić information content (AvgIpc) is 2.36. The number of ether oxygens (including phenoxy) is 1. The zero-order valence-electron chi connectivity index (χ0n) is 11.3. The Morgan fingerprint density at radius 2 is 1.94 bits per heavy atom. The molecule has 98 valence electrons. The molecule has 2 heteroatoms. The van der Waals surface area contributed by atoms with Crippen LogP contribution in [0.2, 0.25) is 0 Å². The molecule has 0 atom stereocenters. The Kier molecular flexibility index (Phi) is 6.85. The third kappa shape index (κ3) is 6.24. The van der Waals surface area contributed by atoms with Crippen LogP contribution in [-0.2, 0) is 16.0 Å². The number of hydrogen-bond donors (Lipinski definition) is 0. The van der Waals surface area contributed by atoms with Gasteiger partial charge in [0.1, 0.15) is 6.61 Å². The lowest BCUT2D eigenvalue weighted by atomic mass is 10.1. The molecule has 0 fully saturated rings. The normalized spacial score (nSPS) is 10.8. The first-order chi connectivity index (χ1) is 8.72. The maximum atomic E-state index is 10.6. The highest BCUT2D eigenvalue weighted by molar-refractivity contribution is 5.66. The minimum atomic E-state index is -0.245. The predicted octanol–water partition coefficient (Wildman–Crippen LogP) is 4.00. The molecule has 0 N–H and O–H groups in total. The number of aryl methyl sites for hydroxylation is 1. The fourth-order valence-electron chi connectivity index (χ4n) is 1.72. The SMILES string of the molecule is CCCCCc1ccc(/C=C/COC(C)=O)cc1. The second kappa shape index (κ2) is 8.51. The second-order valence-corrected chi connectivity index (χ2v) is 4.40. The zero-order valence-corrected chi connectivity index (χ0v) is 11.3. The van der Waals surface area contributed by atoms with Gasteiger partial charge in [0.05, 0.1) is 0 Å². The maximum Gasteiger partial charge on any atom is 0.302 e. The van der Waals surface area contributed by atoms with Crippen LogP contribution in [0.1, 0.15) is 44.2 Å².